The van der Waals surface area contributed by atoms with Crippen molar-refractivity contribution >= 4 is 55.1 Å². The zero-order valence-electron chi connectivity index (χ0n) is 9.36. The molecule has 1 fully saturated rings. The maximum Gasteiger partial charge on any atom is 0.305 e. The summed E-state index contributed by atoms with van der Waals surface area (Å²) in [6.07, 6.45) is 1.92. The molecule has 7 heteroatoms. The molecule has 1 N–H and O–H groups in total. The fraction of sp³-hybridized carbons (Fsp3) is 0.455. The normalized spacial score (nSPS) is 14.6. The Balaban J connectivity index is 2.12. The maximum atomic E-state index is 12.4. The first kappa shape index (κ1) is 14.0. The van der Waals surface area contributed by atoms with Gasteiger partial charge >= 0.3 is 5.97 Å². The summed E-state index contributed by atoms with van der Waals surface area (Å²) in [6, 6.07) is 1.98. The molecule has 1 aliphatic carbocycles. The summed E-state index contributed by atoms with van der Waals surface area (Å²) >= 11 is 8.14. The number of halogens is 2. The molecule has 0 aliphatic heterocycles. The Kier molecular flexibility index (Phi) is 4.45. The minimum Gasteiger partial charge on any atom is -0.481 e. The second kappa shape index (κ2) is 5.71. The zero-order chi connectivity index (χ0) is 13.3. The molecule has 2 rings (SSSR count). The summed E-state index contributed by atoms with van der Waals surface area (Å²) in [7, 11) is 0. The van der Waals surface area contributed by atoms with Gasteiger partial charge in [0, 0.05) is 12.6 Å². The smallest absolute Gasteiger partial charge is 0.305 e. The molecule has 1 heterocycles. The number of rotatable bonds is 5. The van der Waals surface area contributed by atoms with E-state index in [0.717, 1.165) is 20.4 Å². The fourth-order valence-electron chi connectivity index (χ4n) is 1.69. The first-order valence-electron chi connectivity index (χ1n) is 5.46. The van der Waals surface area contributed by atoms with E-state index in [9.17, 15) is 9.59 Å². The SMILES string of the molecule is O=C(O)CCN(C(=O)c1cc(Br)sc1Br)C1CC1. The number of carbonyl (C=O) groups excluding carboxylic acids is 1. The number of aliphatic carboxylic acids is 1. The summed E-state index contributed by atoms with van der Waals surface area (Å²) in [5, 5.41) is 8.72. The predicted molar refractivity (Wildman–Crippen MR) is 76.0 cm³/mol. The summed E-state index contributed by atoms with van der Waals surface area (Å²) in [5.41, 5.74) is 0.601. The Labute approximate surface area is 125 Å². The van der Waals surface area contributed by atoms with Gasteiger partial charge in [0.05, 0.1) is 19.6 Å². The fourth-order valence-corrected chi connectivity index (χ4v) is 4.47. The van der Waals surface area contributed by atoms with Crippen LogP contribution in [0, 0.1) is 0 Å². The van der Waals surface area contributed by atoms with Gasteiger partial charge in [0.2, 0.25) is 0 Å². The number of hydrogen-bond acceptors (Lipinski definition) is 3. The maximum absolute atomic E-state index is 12.4. The first-order chi connectivity index (χ1) is 8.49. The molecular formula is C11H11Br2NO3S. The summed E-state index contributed by atoms with van der Waals surface area (Å²) in [5.74, 6) is -0.966. The third-order valence-corrected chi connectivity index (χ3v) is 5.04. The van der Waals surface area contributed by atoms with Crippen LogP contribution in [-0.4, -0.2) is 34.5 Å². The van der Waals surface area contributed by atoms with Crippen molar-refractivity contribution in [2.75, 3.05) is 6.54 Å². The number of amides is 1. The molecule has 4 nitrogen and oxygen atoms in total. The van der Waals surface area contributed by atoms with Crippen LogP contribution in [-0.2, 0) is 4.79 Å². The molecular weight excluding hydrogens is 386 g/mol. The first-order valence-corrected chi connectivity index (χ1v) is 7.87. The molecule has 1 aromatic rings. The minimum absolute atomic E-state index is 0.00876. The highest BCUT2D eigenvalue weighted by Crippen LogP contribution is 2.35. The quantitative estimate of drug-likeness (QED) is 0.830. The Morgan fingerprint density at radius 1 is 1.44 bits per heavy atom. The van der Waals surface area contributed by atoms with Crippen molar-refractivity contribution < 1.29 is 14.7 Å². The number of carboxylic acids is 1. The summed E-state index contributed by atoms with van der Waals surface area (Å²) in [4.78, 5) is 24.7. The van der Waals surface area contributed by atoms with E-state index < -0.39 is 5.97 Å². The van der Waals surface area contributed by atoms with Gasteiger partial charge in [-0.05, 0) is 50.8 Å². The van der Waals surface area contributed by atoms with Crippen LogP contribution in [0.4, 0.5) is 0 Å². The standard InChI is InChI=1S/C11H11Br2NO3S/c12-8-5-7(10(13)18-8)11(17)14(6-1-2-6)4-3-9(15)16/h5-6H,1-4H2,(H,15,16). The van der Waals surface area contributed by atoms with E-state index >= 15 is 0 Å². The zero-order valence-corrected chi connectivity index (χ0v) is 13.3. The van der Waals surface area contributed by atoms with Crippen LogP contribution in [0.15, 0.2) is 13.6 Å². The lowest BCUT2D eigenvalue weighted by molar-refractivity contribution is -0.137. The number of nitrogens with zero attached hydrogens (tertiary/aromatic N) is 1. The molecule has 0 atom stereocenters. The van der Waals surface area contributed by atoms with Gasteiger partial charge < -0.3 is 10.0 Å². The van der Waals surface area contributed by atoms with E-state index in [4.69, 9.17) is 5.11 Å². The van der Waals surface area contributed by atoms with Crippen LogP contribution < -0.4 is 0 Å². The van der Waals surface area contributed by atoms with E-state index in [1.54, 1.807) is 11.0 Å². The van der Waals surface area contributed by atoms with Crippen LogP contribution in [0.1, 0.15) is 29.6 Å². The van der Waals surface area contributed by atoms with E-state index in [0.29, 0.717) is 5.56 Å². The molecule has 18 heavy (non-hydrogen) atoms. The summed E-state index contributed by atoms with van der Waals surface area (Å²) < 4.78 is 1.66. The van der Waals surface area contributed by atoms with Crippen molar-refractivity contribution in [2.24, 2.45) is 0 Å². The molecule has 1 aromatic heterocycles. The number of carbonyl (C=O) groups is 2. The van der Waals surface area contributed by atoms with E-state index in [-0.39, 0.29) is 24.9 Å². The van der Waals surface area contributed by atoms with Gasteiger partial charge in [-0.3, -0.25) is 9.59 Å². The van der Waals surface area contributed by atoms with Crippen LogP contribution in [0.25, 0.3) is 0 Å². The van der Waals surface area contributed by atoms with Gasteiger partial charge in [0.1, 0.15) is 0 Å². The summed E-state index contributed by atoms with van der Waals surface area (Å²) in [6.45, 7) is 0.277. The van der Waals surface area contributed by atoms with Gasteiger partial charge in [-0.15, -0.1) is 11.3 Å². The lowest BCUT2D eigenvalue weighted by Crippen LogP contribution is -2.34. The Morgan fingerprint density at radius 3 is 2.56 bits per heavy atom. The third kappa shape index (κ3) is 3.33. The molecule has 0 aromatic carbocycles. The van der Waals surface area contributed by atoms with Gasteiger partial charge in [-0.25, -0.2) is 0 Å². The molecule has 0 spiro atoms. The third-order valence-electron chi connectivity index (χ3n) is 2.70. The Bertz CT molecular complexity index is 485. The van der Waals surface area contributed by atoms with E-state index in [1.807, 2.05) is 0 Å². The molecule has 1 saturated carbocycles. The lowest BCUT2D eigenvalue weighted by atomic mass is 10.2. The van der Waals surface area contributed by atoms with Crippen molar-refractivity contribution in [3.05, 3.63) is 19.2 Å². The highest BCUT2D eigenvalue weighted by Gasteiger charge is 2.34. The predicted octanol–water partition coefficient (Wildman–Crippen LogP) is 3.35. The van der Waals surface area contributed by atoms with Crippen LogP contribution in [0.2, 0.25) is 0 Å². The average Bonchev–Trinajstić information content (AvgIpc) is 3.04. The number of thiophene rings is 1. The Morgan fingerprint density at radius 2 is 2.11 bits per heavy atom. The van der Waals surface area contributed by atoms with Crippen LogP contribution >= 0.6 is 43.2 Å². The topological polar surface area (TPSA) is 57.6 Å². The van der Waals surface area contributed by atoms with Crippen LogP contribution in [0.3, 0.4) is 0 Å². The van der Waals surface area contributed by atoms with Crippen molar-refractivity contribution in [3.8, 4) is 0 Å². The Hall–Kier alpha value is -0.400. The van der Waals surface area contributed by atoms with Gasteiger partial charge in [-0.1, -0.05) is 0 Å². The number of hydrogen-bond donors (Lipinski definition) is 1. The van der Waals surface area contributed by atoms with Gasteiger partial charge in [0.15, 0.2) is 0 Å². The second-order valence-electron chi connectivity index (χ2n) is 4.11. The van der Waals surface area contributed by atoms with E-state index in [1.165, 1.54) is 11.3 Å². The van der Waals surface area contributed by atoms with Crippen molar-refractivity contribution in [1.82, 2.24) is 4.90 Å². The molecule has 0 bridgehead atoms. The average molecular weight is 397 g/mol. The van der Waals surface area contributed by atoms with Crippen molar-refractivity contribution in [3.63, 3.8) is 0 Å². The molecule has 1 aliphatic rings. The largest absolute Gasteiger partial charge is 0.481 e. The van der Waals surface area contributed by atoms with E-state index in [2.05, 4.69) is 31.9 Å². The van der Waals surface area contributed by atoms with Crippen LogP contribution in [0.5, 0.6) is 0 Å². The molecule has 0 radical (unpaired) electrons. The molecule has 1 amide bonds. The van der Waals surface area contributed by atoms with Gasteiger partial charge in [0.25, 0.3) is 5.91 Å². The van der Waals surface area contributed by atoms with Crippen molar-refractivity contribution in [2.45, 2.75) is 25.3 Å². The molecule has 98 valence electrons. The lowest BCUT2D eigenvalue weighted by Gasteiger charge is -2.21. The van der Waals surface area contributed by atoms with Gasteiger partial charge in [-0.2, -0.15) is 0 Å². The molecule has 0 saturated heterocycles. The van der Waals surface area contributed by atoms with Crippen molar-refractivity contribution in [1.29, 1.82) is 0 Å². The second-order valence-corrected chi connectivity index (χ2v) is 7.86. The number of carboxylic acid groups (broad SMARTS) is 1. The minimum atomic E-state index is -0.876. The monoisotopic (exact) mass is 395 g/mol. The molecule has 0 unspecified atom stereocenters. The highest BCUT2D eigenvalue weighted by molar-refractivity contribution is 9.12. The highest BCUT2D eigenvalue weighted by atomic mass is 79.9.